The minimum atomic E-state index is 0.0109. The molecule has 1 heterocycles. The minimum absolute atomic E-state index is 0.0109. The first-order chi connectivity index (χ1) is 8.26. The van der Waals surface area contributed by atoms with Crippen LogP contribution in [0.1, 0.15) is 11.1 Å². The molecule has 0 aromatic heterocycles. The van der Waals surface area contributed by atoms with Crippen molar-refractivity contribution < 1.29 is 9.53 Å². The van der Waals surface area contributed by atoms with Gasteiger partial charge in [-0.3, -0.25) is 4.79 Å². The van der Waals surface area contributed by atoms with E-state index >= 15 is 0 Å². The molecule has 0 N–H and O–H groups in total. The average Bonchev–Trinajstić information content (AvgIpc) is 2.59. The summed E-state index contributed by atoms with van der Waals surface area (Å²) < 4.78 is 5.37. The molecule has 0 unspecified atom stereocenters. The second kappa shape index (κ2) is 5.04. The van der Waals surface area contributed by atoms with Crippen LogP contribution < -0.4 is 4.74 Å². The van der Waals surface area contributed by atoms with Gasteiger partial charge in [-0.25, -0.2) is 0 Å². The molecule has 17 heavy (non-hydrogen) atoms. The highest BCUT2D eigenvalue weighted by Gasteiger charge is 2.18. The Morgan fingerprint density at radius 3 is 2.88 bits per heavy atom. The number of hydrogen-bond donors (Lipinski definition) is 0. The normalized spacial score (nSPS) is 14.8. The largest absolute Gasteiger partial charge is 0.496 e. The van der Waals surface area contributed by atoms with Crippen LogP contribution in [0.4, 0.5) is 0 Å². The van der Waals surface area contributed by atoms with Gasteiger partial charge in [-0.1, -0.05) is 18.7 Å². The molecule has 0 saturated carbocycles. The third-order valence-electron chi connectivity index (χ3n) is 3.22. The first kappa shape index (κ1) is 11.7. The van der Waals surface area contributed by atoms with E-state index in [1.807, 2.05) is 17.0 Å². The SMILES string of the molecule is C=CC(=O)N1CCc2cccc(OC)c2CC1. The van der Waals surface area contributed by atoms with Gasteiger partial charge in [0.15, 0.2) is 0 Å². The summed E-state index contributed by atoms with van der Waals surface area (Å²) in [5.74, 6) is 0.937. The highest BCUT2D eigenvalue weighted by Crippen LogP contribution is 2.25. The highest BCUT2D eigenvalue weighted by molar-refractivity contribution is 5.87. The van der Waals surface area contributed by atoms with E-state index in [2.05, 4.69) is 12.6 Å². The van der Waals surface area contributed by atoms with E-state index in [4.69, 9.17) is 4.74 Å². The van der Waals surface area contributed by atoms with Gasteiger partial charge in [-0.15, -0.1) is 0 Å². The number of amides is 1. The Bertz CT molecular complexity index is 440. The van der Waals surface area contributed by atoms with Crippen molar-refractivity contribution in [2.75, 3.05) is 20.2 Å². The Morgan fingerprint density at radius 1 is 1.41 bits per heavy atom. The van der Waals surface area contributed by atoms with Crippen LogP contribution in [0.25, 0.3) is 0 Å². The molecule has 0 aliphatic carbocycles. The molecule has 1 aliphatic rings. The number of carbonyl (C=O) groups is 1. The summed E-state index contributed by atoms with van der Waals surface area (Å²) in [6.07, 6.45) is 3.11. The minimum Gasteiger partial charge on any atom is -0.496 e. The molecule has 0 spiro atoms. The number of ether oxygens (including phenoxy) is 1. The van der Waals surface area contributed by atoms with E-state index in [-0.39, 0.29) is 5.91 Å². The molecule has 0 bridgehead atoms. The summed E-state index contributed by atoms with van der Waals surface area (Å²) in [6.45, 7) is 5.02. The van der Waals surface area contributed by atoms with Crippen LogP contribution in [0, 0.1) is 0 Å². The summed E-state index contributed by atoms with van der Waals surface area (Å²) >= 11 is 0. The third kappa shape index (κ3) is 2.33. The summed E-state index contributed by atoms with van der Waals surface area (Å²) in [5, 5.41) is 0. The molecular formula is C14H17NO2. The number of fused-ring (bicyclic) bond motifs is 1. The van der Waals surface area contributed by atoms with Crippen molar-refractivity contribution in [3.8, 4) is 5.75 Å². The van der Waals surface area contributed by atoms with Gasteiger partial charge >= 0.3 is 0 Å². The second-order valence-electron chi connectivity index (χ2n) is 4.13. The molecule has 90 valence electrons. The van der Waals surface area contributed by atoms with E-state index in [0.29, 0.717) is 0 Å². The number of rotatable bonds is 2. The molecule has 1 aliphatic heterocycles. The quantitative estimate of drug-likeness (QED) is 0.726. The van der Waals surface area contributed by atoms with Gasteiger partial charge in [0.2, 0.25) is 5.91 Å². The first-order valence-corrected chi connectivity index (χ1v) is 5.82. The summed E-state index contributed by atoms with van der Waals surface area (Å²) in [6, 6.07) is 6.09. The maximum absolute atomic E-state index is 11.6. The monoisotopic (exact) mass is 231 g/mol. The maximum atomic E-state index is 11.6. The molecule has 0 radical (unpaired) electrons. The zero-order chi connectivity index (χ0) is 12.3. The number of carbonyl (C=O) groups excluding carboxylic acids is 1. The van der Waals surface area contributed by atoms with E-state index in [1.165, 1.54) is 17.2 Å². The standard InChI is InChI=1S/C14H17NO2/c1-3-14(16)15-9-7-11-5-4-6-13(17-2)12(11)8-10-15/h3-6H,1,7-10H2,2H3. The fourth-order valence-corrected chi connectivity index (χ4v) is 2.28. The van der Waals surface area contributed by atoms with E-state index in [9.17, 15) is 4.79 Å². The Hall–Kier alpha value is -1.77. The molecule has 1 amide bonds. The lowest BCUT2D eigenvalue weighted by atomic mass is 10.0. The van der Waals surface area contributed by atoms with E-state index < -0.39 is 0 Å². The lowest BCUT2D eigenvalue weighted by Gasteiger charge is -2.17. The zero-order valence-corrected chi connectivity index (χ0v) is 10.1. The first-order valence-electron chi connectivity index (χ1n) is 5.82. The average molecular weight is 231 g/mol. The van der Waals surface area contributed by atoms with E-state index in [0.717, 1.165) is 31.7 Å². The van der Waals surface area contributed by atoms with Crippen LogP contribution in [0.5, 0.6) is 5.75 Å². The van der Waals surface area contributed by atoms with Crippen LogP contribution in [0.15, 0.2) is 30.9 Å². The topological polar surface area (TPSA) is 29.5 Å². The van der Waals surface area contributed by atoms with Crippen LogP contribution in [0.2, 0.25) is 0 Å². The molecule has 2 rings (SSSR count). The molecule has 0 atom stereocenters. The predicted octanol–water partition coefficient (Wildman–Crippen LogP) is 1.81. The fraction of sp³-hybridized carbons (Fsp3) is 0.357. The Labute approximate surface area is 102 Å². The summed E-state index contributed by atoms with van der Waals surface area (Å²) in [4.78, 5) is 13.4. The number of benzene rings is 1. The Morgan fingerprint density at radius 2 is 2.18 bits per heavy atom. The van der Waals surface area contributed by atoms with Crippen molar-refractivity contribution in [3.63, 3.8) is 0 Å². The smallest absolute Gasteiger partial charge is 0.245 e. The number of hydrogen-bond acceptors (Lipinski definition) is 2. The lowest BCUT2D eigenvalue weighted by Crippen LogP contribution is -2.31. The molecule has 1 aromatic carbocycles. The zero-order valence-electron chi connectivity index (χ0n) is 10.1. The molecule has 3 nitrogen and oxygen atoms in total. The molecule has 1 aromatic rings. The summed E-state index contributed by atoms with van der Waals surface area (Å²) in [7, 11) is 1.69. The summed E-state index contributed by atoms with van der Waals surface area (Å²) in [5.41, 5.74) is 2.51. The second-order valence-corrected chi connectivity index (χ2v) is 4.13. The molecule has 0 saturated heterocycles. The van der Waals surface area contributed by atoms with Crippen molar-refractivity contribution in [2.45, 2.75) is 12.8 Å². The van der Waals surface area contributed by atoms with Gasteiger partial charge in [0.1, 0.15) is 5.75 Å². The molecule has 3 heteroatoms. The predicted molar refractivity (Wildman–Crippen MR) is 67.2 cm³/mol. The van der Waals surface area contributed by atoms with Crippen molar-refractivity contribution in [1.29, 1.82) is 0 Å². The van der Waals surface area contributed by atoms with Crippen LogP contribution in [-0.2, 0) is 17.6 Å². The lowest BCUT2D eigenvalue weighted by molar-refractivity contribution is -0.125. The van der Waals surface area contributed by atoms with E-state index in [1.54, 1.807) is 7.11 Å². The Balaban J connectivity index is 2.23. The van der Waals surface area contributed by atoms with Gasteiger partial charge < -0.3 is 9.64 Å². The van der Waals surface area contributed by atoms with Gasteiger partial charge in [0.25, 0.3) is 0 Å². The van der Waals surface area contributed by atoms with Crippen molar-refractivity contribution in [2.24, 2.45) is 0 Å². The number of methoxy groups -OCH3 is 1. The molecule has 0 fully saturated rings. The highest BCUT2D eigenvalue weighted by atomic mass is 16.5. The van der Waals surface area contributed by atoms with Crippen molar-refractivity contribution in [1.82, 2.24) is 4.90 Å². The molecular weight excluding hydrogens is 214 g/mol. The maximum Gasteiger partial charge on any atom is 0.245 e. The van der Waals surface area contributed by atoms with Crippen molar-refractivity contribution in [3.05, 3.63) is 42.0 Å². The Kier molecular flexibility index (Phi) is 3.47. The van der Waals surface area contributed by atoms with Gasteiger partial charge in [0.05, 0.1) is 7.11 Å². The fourth-order valence-electron chi connectivity index (χ4n) is 2.28. The van der Waals surface area contributed by atoms with Crippen LogP contribution in [0.3, 0.4) is 0 Å². The van der Waals surface area contributed by atoms with Crippen LogP contribution in [-0.4, -0.2) is 31.0 Å². The van der Waals surface area contributed by atoms with Gasteiger partial charge in [0, 0.05) is 13.1 Å². The van der Waals surface area contributed by atoms with Crippen molar-refractivity contribution >= 4 is 5.91 Å². The number of nitrogens with zero attached hydrogens (tertiary/aromatic N) is 1. The van der Waals surface area contributed by atoms with Gasteiger partial charge in [-0.05, 0) is 36.1 Å². The third-order valence-corrected chi connectivity index (χ3v) is 3.22. The van der Waals surface area contributed by atoms with Gasteiger partial charge in [-0.2, -0.15) is 0 Å². The van der Waals surface area contributed by atoms with Crippen LogP contribution >= 0.6 is 0 Å².